The third-order valence-electron chi connectivity index (χ3n) is 4.02. The Balaban J connectivity index is 1.51. The van der Waals surface area contributed by atoms with Crippen molar-refractivity contribution in [3.05, 3.63) is 0 Å². The zero-order valence-electron chi connectivity index (χ0n) is 12.7. The van der Waals surface area contributed by atoms with Crippen LogP contribution in [0.3, 0.4) is 0 Å². The Morgan fingerprint density at radius 1 is 1.18 bits per heavy atom. The molecule has 0 aromatic carbocycles. The number of unbranched alkanes of at least 4 members (excludes halogenated alkanes) is 3. The summed E-state index contributed by atoms with van der Waals surface area (Å²) in [4.78, 5) is 22.9. The van der Waals surface area contributed by atoms with Gasteiger partial charge in [-0.2, -0.15) is 0 Å². The Bertz CT molecular complexity index is 390. The molecule has 0 unspecified atom stereocenters. The number of nitrogens with one attached hydrogen (secondary N) is 3. The highest BCUT2D eigenvalue weighted by Crippen LogP contribution is 2.49. The van der Waals surface area contributed by atoms with Crippen molar-refractivity contribution >= 4 is 35.3 Å². The quantitative estimate of drug-likeness (QED) is 0.299. The fourth-order valence-electron chi connectivity index (χ4n) is 2.79. The van der Waals surface area contributed by atoms with E-state index in [9.17, 15) is 9.59 Å². The summed E-state index contributed by atoms with van der Waals surface area (Å²) >= 11 is 3.97. The molecule has 0 bridgehead atoms. The van der Waals surface area contributed by atoms with Gasteiger partial charge in [-0.05, 0) is 19.3 Å². The van der Waals surface area contributed by atoms with E-state index in [1.165, 1.54) is 11.5 Å². The molecule has 0 aromatic heterocycles. The number of carbonyl (C=O) groups excluding carboxylic acids is 2. The average Bonchev–Trinajstić information content (AvgIpc) is 3.16. The second kappa shape index (κ2) is 9.00. The van der Waals surface area contributed by atoms with Gasteiger partial charge in [0.25, 0.3) is 0 Å². The van der Waals surface area contributed by atoms with Crippen molar-refractivity contribution in [2.24, 2.45) is 0 Å². The number of hydrogen-bond donors (Lipinski definition) is 4. The van der Waals surface area contributed by atoms with Gasteiger partial charge < -0.3 is 10.6 Å². The molecule has 0 aliphatic carbocycles. The Morgan fingerprint density at radius 2 is 1.91 bits per heavy atom. The molecular weight excluding hydrogens is 322 g/mol. The molecule has 0 aromatic rings. The second-order valence-electron chi connectivity index (χ2n) is 5.74. The normalized spacial score (nSPS) is 22.9. The summed E-state index contributed by atoms with van der Waals surface area (Å²) in [7, 11) is 0. The molecule has 6 nitrogen and oxygen atoms in total. The maximum Gasteiger partial charge on any atom is 0.243 e. The first kappa shape index (κ1) is 17.9. The van der Waals surface area contributed by atoms with Crippen LogP contribution in [0.15, 0.2) is 0 Å². The van der Waals surface area contributed by atoms with Gasteiger partial charge in [-0.15, -0.1) is 23.5 Å². The molecule has 0 saturated carbocycles. The molecule has 2 amide bonds. The van der Waals surface area contributed by atoms with Crippen LogP contribution in [0.25, 0.3) is 0 Å². The molecule has 4 N–H and O–H groups in total. The number of thioether (sulfide) groups is 2. The summed E-state index contributed by atoms with van der Waals surface area (Å²) < 4.78 is 0.231. The van der Waals surface area contributed by atoms with Crippen molar-refractivity contribution in [3.8, 4) is 0 Å². The van der Waals surface area contributed by atoms with E-state index in [0.29, 0.717) is 13.0 Å². The molecule has 2 aliphatic heterocycles. The van der Waals surface area contributed by atoms with Crippen molar-refractivity contribution in [1.82, 2.24) is 16.1 Å². The number of hydrogen-bond acceptors (Lipinski definition) is 6. The minimum atomic E-state index is -0.336. The predicted octanol–water partition coefficient (Wildman–Crippen LogP) is 1.10. The van der Waals surface area contributed by atoms with Gasteiger partial charge in [0.1, 0.15) is 0 Å². The molecule has 2 saturated heterocycles. The van der Waals surface area contributed by atoms with Crippen molar-refractivity contribution in [2.45, 2.75) is 48.6 Å². The largest absolute Gasteiger partial charge is 0.355 e. The van der Waals surface area contributed by atoms with Crippen LogP contribution < -0.4 is 16.1 Å². The molecule has 2 heterocycles. The summed E-state index contributed by atoms with van der Waals surface area (Å²) in [5, 5.41) is 14.7. The van der Waals surface area contributed by atoms with Gasteiger partial charge in [-0.3, -0.25) is 14.8 Å². The molecule has 2 aliphatic rings. The summed E-state index contributed by atoms with van der Waals surface area (Å²) in [6.45, 7) is 1.61. The van der Waals surface area contributed by atoms with Crippen molar-refractivity contribution in [1.29, 1.82) is 0 Å². The maximum absolute atomic E-state index is 12.1. The van der Waals surface area contributed by atoms with Crippen molar-refractivity contribution in [2.75, 3.05) is 24.6 Å². The van der Waals surface area contributed by atoms with Gasteiger partial charge in [0, 0.05) is 31.0 Å². The Kier molecular flexibility index (Phi) is 7.33. The second-order valence-corrected chi connectivity index (χ2v) is 8.95. The van der Waals surface area contributed by atoms with E-state index in [2.05, 4.69) is 10.6 Å². The lowest BCUT2D eigenvalue weighted by Gasteiger charge is -2.19. The monoisotopic (exact) mass is 347 g/mol. The van der Waals surface area contributed by atoms with Crippen LogP contribution in [0.5, 0.6) is 0 Å². The van der Waals surface area contributed by atoms with E-state index in [4.69, 9.17) is 5.21 Å². The van der Waals surface area contributed by atoms with Crippen LogP contribution in [0, 0.1) is 0 Å². The van der Waals surface area contributed by atoms with E-state index < -0.39 is 0 Å². The van der Waals surface area contributed by atoms with Gasteiger partial charge >= 0.3 is 0 Å². The van der Waals surface area contributed by atoms with Gasteiger partial charge in [0.2, 0.25) is 11.8 Å². The smallest absolute Gasteiger partial charge is 0.243 e. The molecule has 8 heteroatoms. The molecule has 2 rings (SSSR count). The minimum Gasteiger partial charge on any atom is -0.355 e. The van der Waals surface area contributed by atoms with Crippen LogP contribution >= 0.6 is 23.5 Å². The number of rotatable bonds is 8. The van der Waals surface area contributed by atoms with Gasteiger partial charge in [-0.25, -0.2) is 5.48 Å². The number of amides is 2. The molecule has 2 fully saturated rings. The summed E-state index contributed by atoms with van der Waals surface area (Å²) in [5.41, 5.74) is 1.63. The van der Waals surface area contributed by atoms with Crippen molar-refractivity contribution in [3.63, 3.8) is 0 Å². The Labute approximate surface area is 139 Å². The van der Waals surface area contributed by atoms with E-state index in [1.807, 2.05) is 23.5 Å². The number of hydroxylamine groups is 1. The Hall–Kier alpha value is -0.440. The average molecular weight is 348 g/mol. The minimum absolute atomic E-state index is 0.0497. The molecular formula is C14H25N3O3S2. The van der Waals surface area contributed by atoms with Crippen LogP contribution in [0.1, 0.15) is 38.5 Å². The van der Waals surface area contributed by atoms with Gasteiger partial charge in [-0.1, -0.05) is 12.8 Å². The SMILES string of the molecule is O=C(CCCCCCNC(=O)[C@@H]1CC2(CN1)SCCS2)NO. The molecule has 0 radical (unpaired) electrons. The lowest BCUT2D eigenvalue weighted by Crippen LogP contribution is -2.40. The molecule has 126 valence electrons. The van der Waals surface area contributed by atoms with Crippen LogP contribution in [-0.4, -0.2) is 51.7 Å². The third-order valence-corrected chi connectivity index (χ3v) is 7.47. The zero-order chi connectivity index (χ0) is 15.8. The number of carbonyl (C=O) groups is 2. The summed E-state index contributed by atoms with van der Waals surface area (Å²) in [6.07, 6.45) is 4.88. The molecule has 22 heavy (non-hydrogen) atoms. The Morgan fingerprint density at radius 3 is 2.64 bits per heavy atom. The summed E-state index contributed by atoms with van der Waals surface area (Å²) in [5.74, 6) is 2.16. The van der Waals surface area contributed by atoms with Gasteiger partial charge in [0.05, 0.1) is 10.1 Å². The lowest BCUT2D eigenvalue weighted by atomic mass is 10.1. The van der Waals surface area contributed by atoms with Crippen LogP contribution in [0.2, 0.25) is 0 Å². The third kappa shape index (κ3) is 5.33. The fourth-order valence-corrected chi connectivity index (χ4v) is 5.98. The van der Waals surface area contributed by atoms with Crippen LogP contribution in [0.4, 0.5) is 0 Å². The van der Waals surface area contributed by atoms with E-state index in [0.717, 1.165) is 38.6 Å². The molecule has 1 atom stereocenters. The lowest BCUT2D eigenvalue weighted by molar-refractivity contribution is -0.129. The van der Waals surface area contributed by atoms with E-state index in [-0.39, 0.29) is 21.9 Å². The van der Waals surface area contributed by atoms with Gasteiger partial charge in [0.15, 0.2) is 0 Å². The zero-order valence-corrected chi connectivity index (χ0v) is 14.4. The topological polar surface area (TPSA) is 90.5 Å². The van der Waals surface area contributed by atoms with E-state index in [1.54, 1.807) is 5.48 Å². The molecule has 1 spiro atoms. The first-order valence-corrected chi connectivity index (χ1v) is 9.84. The fraction of sp³-hybridized carbons (Fsp3) is 0.857. The highest BCUT2D eigenvalue weighted by atomic mass is 32.2. The summed E-state index contributed by atoms with van der Waals surface area (Å²) in [6, 6.07) is -0.0497. The van der Waals surface area contributed by atoms with Crippen LogP contribution in [-0.2, 0) is 9.59 Å². The maximum atomic E-state index is 12.1. The standard InChI is InChI=1S/C14H25N3O3S2/c18-12(17-20)5-3-1-2-4-6-15-13(19)11-9-14(10-16-11)21-7-8-22-14/h11,16,20H,1-10H2,(H,15,19)(H,17,18)/t11-/m0/s1. The van der Waals surface area contributed by atoms with Crippen molar-refractivity contribution < 1.29 is 14.8 Å². The first-order valence-electron chi connectivity index (χ1n) is 7.87. The highest BCUT2D eigenvalue weighted by Gasteiger charge is 2.44. The highest BCUT2D eigenvalue weighted by molar-refractivity contribution is 8.21. The predicted molar refractivity (Wildman–Crippen MR) is 90.1 cm³/mol. The first-order chi connectivity index (χ1) is 10.7. The van der Waals surface area contributed by atoms with E-state index >= 15 is 0 Å².